The fourth-order valence-corrected chi connectivity index (χ4v) is 3.07. The average molecular weight is 359 g/mol. The van der Waals surface area contributed by atoms with E-state index in [1.165, 1.54) is 6.33 Å². The first-order chi connectivity index (χ1) is 13.1. The molecule has 2 N–H and O–H groups in total. The van der Waals surface area contributed by atoms with Crippen LogP contribution in [0.4, 0.5) is 5.95 Å². The largest absolute Gasteiger partial charge is 0.478 e. The van der Waals surface area contributed by atoms with Gasteiger partial charge < -0.3 is 10.4 Å². The van der Waals surface area contributed by atoms with Crippen LogP contribution in [-0.2, 0) is 6.54 Å². The zero-order valence-electron chi connectivity index (χ0n) is 14.6. The van der Waals surface area contributed by atoms with E-state index < -0.39 is 5.97 Å². The molecule has 0 bridgehead atoms. The summed E-state index contributed by atoms with van der Waals surface area (Å²) in [7, 11) is 0. The van der Waals surface area contributed by atoms with E-state index in [1.807, 2.05) is 54.0 Å². The van der Waals surface area contributed by atoms with Crippen LogP contribution in [0.15, 0.2) is 60.9 Å². The van der Waals surface area contributed by atoms with Gasteiger partial charge in [0.15, 0.2) is 0 Å². The van der Waals surface area contributed by atoms with Gasteiger partial charge in [-0.25, -0.2) is 14.8 Å². The number of aromatic carboxylic acids is 1. The second-order valence-corrected chi connectivity index (χ2v) is 6.11. The summed E-state index contributed by atoms with van der Waals surface area (Å²) in [6.07, 6.45) is 1.45. The van der Waals surface area contributed by atoms with Crippen LogP contribution in [0, 0.1) is 6.92 Å². The number of carboxylic acid groups (broad SMARTS) is 1. The summed E-state index contributed by atoms with van der Waals surface area (Å²) in [5.74, 6) is -0.0614. The number of fused-ring (bicyclic) bond motifs is 1. The summed E-state index contributed by atoms with van der Waals surface area (Å²) in [5, 5.41) is 13.3. The zero-order valence-corrected chi connectivity index (χ0v) is 14.6. The first-order valence-electron chi connectivity index (χ1n) is 8.45. The van der Waals surface area contributed by atoms with Crippen molar-refractivity contribution in [2.24, 2.45) is 0 Å². The van der Waals surface area contributed by atoms with Gasteiger partial charge in [-0.05, 0) is 30.7 Å². The SMILES string of the molecule is Cc1cc2c(C(=O)O)cccc2n1-c1ncnc(NCc2ccccc2)n1. The quantitative estimate of drug-likeness (QED) is 0.567. The van der Waals surface area contributed by atoms with Crippen molar-refractivity contribution in [1.82, 2.24) is 19.5 Å². The summed E-state index contributed by atoms with van der Waals surface area (Å²) in [5.41, 5.74) is 2.96. The second-order valence-electron chi connectivity index (χ2n) is 6.11. The summed E-state index contributed by atoms with van der Waals surface area (Å²) >= 11 is 0. The van der Waals surface area contributed by atoms with Crippen LogP contribution in [0.5, 0.6) is 0 Å². The Hall–Kier alpha value is -3.74. The molecule has 7 nitrogen and oxygen atoms in total. The minimum absolute atomic E-state index is 0.255. The van der Waals surface area contributed by atoms with E-state index in [0.717, 1.165) is 16.8 Å². The molecule has 2 aromatic carbocycles. The van der Waals surface area contributed by atoms with Crippen molar-refractivity contribution in [2.75, 3.05) is 5.32 Å². The third-order valence-electron chi connectivity index (χ3n) is 4.31. The summed E-state index contributed by atoms with van der Waals surface area (Å²) in [6.45, 7) is 2.49. The van der Waals surface area contributed by atoms with Gasteiger partial charge >= 0.3 is 5.97 Å². The van der Waals surface area contributed by atoms with E-state index in [9.17, 15) is 9.90 Å². The van der Waals surface area contributed by atoms with E-state index in [1.54, 1.807) is 12.1 Å². The number of hydrogen-bond donors (Lipinski definition) is 2. The fraction of sp³-hybridized carbons (Fsp3) is 0.100. The van der Waals surface area contributed by atoms with Gasteiger partial charge in [0.2, 0.25) is 11.9 Å². The van der Waals surface area contributed by atoms with Crippen LogP contribution in [0.3, 0.4) is 0 Å². The first-order valence-corrected chi connectivity index (χ1v) is 8.45. The van der Waals surface area contributed by atoms with E-state index in [-0.39, 0.29) is 5.56 Å². The number of hydrogen-bond acceptors (Lipinski definition) is 5. The highest BCUT2D eigenvalue weighted by Gasteiger charge is 2.16. The van der Waals surface area contributed by atoms with E-state index in [4.69, 9.17) is 0 Å². The van der Waals surface area contributed by atoms with Crippen LogP contribution in [0.1, 0.15) is 21.6 Å². The second kappa shape index (κ2) is 6.87. The van der Waals surface area contributed by atoms with Crippen molar-refractivity contribution < 1.29 is 9.90 Å². The molecule has 0 aliphatic heterocycles. The molecule has 0 aliphatic carbocycles. The van der Waals surface area contributed by atoms with Gasteiger partial charge in [-0.15, -0.1) is 0 Å². The lowest BCUT2D eigenvalue weighted by Gasteiger charge is -2.09. The van der Waals surface area contributed by atoms with Crippen LogP contribution < -0.4 is 5.32 Å². The van der Waals surface area contributed by atoms with Crippen LogP contribution in [-0.4, -0.2) is 30.6 Å². The number of carboxylic acids is 1. The van der Waals surface area contributed by atoms with E-state index >= 15 is 0 Å². The topological polar surface area (TPSA) is 92.9 Å². The molecule has 0 unspecified atom stereocenters. The number of rotatable bonds is 5. The molecule has 0 spiro atoms. The molecule has 0 saturated heterocycles. The Morgan fingerprint density at radius 2 is 1.93 bits per heavy atom. The monoisotopic (exact) mass is 359 g/mol. The van der Waals surface area contributed by atoms with Gasteiger partial charge in [-0.3, -0.25) is 4.57 Å². The summed E-state index contributed by atoms with van der Waals surface area (Å²) in [4.78, 5) is 24.4. The maximum Gasteiger partial charge on any atom is 0.336 e. The number of anilines is 1. The maximum atomic E-state index is 11.5. The normalized spacial score (nSPS) is 10.9. The molecular formula is C20H17N5O2. The number of aryl methyl sites for hydroxylation is 1. The van der Waals surface area contributed by atoms with Gasteiger partial charge in [0, 0.05) is 17.6 Å². The van der Waals surface area contributed by atoms with Gasteiger partial charge in [0.05, 0.1) is 11.1 Å². The molecule has 0 saturated carbocycles. The molecule has 0 aliphatic rings. The molecule has 0 atom stereocenters. The Balaban J connectivity index is 1.71. The van der Waals surface area contributed by atoms with E-state index in [0.29, 0.717) is 23.8 Å². The average Bonchev–Trinajstić information content (AvgIpc) is 3.03. The van der Waals surface area contributed by atoms with Gasteiger partial charge in [0.25, 0.3) is 0 Å². The lowest BCUT2D eigenvalue weighted by atomic mass is 10.1. The molecule has 4 aromatic rings. The van der Waals surface area contributed by atoms with Crippen molar-refractivity contribution >= 4 is 22.8 Å². The Bertz CT molecular complexity index is 1120. The molecule has 0 radical (unpaired) electrons. The van der Waals surface area contributed by atoms with Crippen molar-refractivity contribution in [3.63, 3.8) is 0 Å². The molecule has 0 amide bonds. The molecule has 0 fully saturated rings. The standard InChI is InChI=1S/C20H17N5O2/c1-13-10-16-15(18(26)27)8-5-9-17(16)25(13)20-23-12-22-19(24-20)21-11-14-6-3-2-4-7-14/h2-10,12H,11H2,1H3,(H,26,27)(H,21,22,23,24). The fourth-order valence-electron chi connectivity index (χ4n) is 3.07. The number of nitrogens with zero attached hydrogens (tertiary/aromatic N) is 4. The maximum absolute atomic E-state index is 11.5. The van der Waals surface area contributed by atoms with Crippen molar-refractivity contribution in [2.45, 2.75) is 13.5 Å². The van der Waals surface area contributed by atoms with Gasteiger partial charge in [-0.1, -0.05) is 36.4 Å². The number of carbonyl (C=O) groups is 1. The number of aromatic nitrogens is 4. The molecule has 4 rings (SSSR count). The molecule has 7 heteroatoms. The highest BCUT2D eigenvalue weighted by Crippen LogP contribution is 2.25. The lowest BCUT2D eigenvalue weighted by molar-refractivity contribution is 0.0699. The van der Waals surface area contributed by atoms with Gasteiger partial charge in [0.1, 0.15) is 6.33 Å². The summed E-state index contributed by atoms with van der Waals surface area (Å²) in [6, 6.07) is 17.0. The number of nitrogens with one attached hydrogen (secondary N) is 1. The molecule has 134 valence electrons. The minimum atomic E-state index is -0.960. The van der Waals surface area contributed by atoms with Gasteiger partial charge in [-0.2, -0.15) is 4.98 Å². The molecular weight excluding hydrogens is 342 g/mol. The minimum Gasteiger partial charge on any atom is -0.478 e. The first kappa shape index (κ1) is 16.7. The molecule has 27 heavy (non-hydrogen) atoms. The van der Waals surface area contributed by atoms with Crippen LogP contribution in [0.25, 0.3) is 16.9 Å². The Morgan fingerprint density at radius 3 is 2.70 bits per heavy atom. The highest BCUT2D eigenvalue weighted by molar-refractivity contribution is 6.03. The third kappa shape index (κ3) is 3.22. The lowest BCUT2D eigenvalue weighted by Crippen LogP contribution is -2.09. The third-order valence-corrected chi connectivity index (χ3v) is 4.31. The number of benzene rings is 2. The van der Waals surface area contributed by atoms with Crippen molar-refractivity contribution in [3.8, 4) is 5.95 Å². The smallest absolute Gasteiger partial charge is 0.336 e. The highest BCUT2D eigenvalue weighted by atomic mass is 16.4. The predicted octanol–water partition coefficient (Wildman–Crippen LogP) is 3.43. The Kier molecular flexibility index (Phi) is 4.25. The summed E-state index contributed by atoms with van der Waals surface area (Å²) < 4.78 is 1.83. The molecule has 2 aromatic heterocycles. The Labute approximate surface area is 155 Å². The van der Waals surface area contributed by atoms with Crippen LogP contribution in [0.2, 0.25) is 0 Å². The Morgan fingerprint density at radius 1 is 1.11 bits per heavy atom. The molecule has 2 heterocycles. The van der Waals surface area contributed by atoms with Crippen molar-refractivity contribution in [1.29, 1.82) is 0 Å². The predicted molar refractivity (Wildman–Crippen MR) is 102 cm³/mol. The van der Waals surface area contributed by atoms with Crippen LogP contribution >= 0.6 is 0 Å². The zero-order chi connectivity index (χ0) is 18.8. The van der Waals surface area contributed by atoms with Crippen molar-refractivity contribution in [3.05, 3.63) is 77.7 Å². The van der Waals surface area contributed by atoms with E-state index in [2.05, 4.69) is 20.3 Å².